The van der Waals surface area contributed by atoms with Crippen LogP contribution in [0, 0.1) is 0 Å². The fourth-order valence-electron chi connectivity index (χ4n) is 6.65. The highest BCUT2D eigenvalue weighted by molar-refractivity contribution is 6.34. The topological polar surface area (TPSA) is 9.23 Å². The van der Waals surface area contributed by atoms with E-state index < -0.39 is 5.41 Å². The van der Waals surface area contributed by atoms with Crippen molar-refractivity contribution >= 4 is 11.6 Å². The van der Waals surface area contributed by atoms with E-state index in [1.54, 1.807) is 0 Å². The van der Waals surface area contributed by atoms with Crippen molar-refractivity contribution in [1.82, 2.24) is 0 Å². The van der Waals surface area contributed by atoms with Gasteiger partial charge in [0.1, 0.15) is 11.5 Å². The number of fused-ring (bicyclic) bond motifs is 9. The van der Waals surface area contributed by atoms with Crippen LogP contribution in [0.1, 0.15) is 22.3 Å². The lowest BCUT2D eigenvalue weighted by Crippen LogP contribution is -2.32. The van der Waals surface area contributed by atoms with Gasteiger partial charge in [-0.1, -0.05) is 133 Å². The van der Waals surface area contributed by atoms with E-state index in [1.807, 2.05) is 18.2 Å². The van der Waals surface area contributed by atoms with Crippen molar-refractivity contribution in [1.29, 1.82) is 0 Å². The first-order chi connectivity index (χ1) is 19.3. The summed E-state index contributed by atoms with van der Waals surface area (Å²) in [5, 5.41) is 0.674. The van der Waals surface area contributed by atoms with E-state index in [4.69, 9.17) is 16.3 Å². The summed E-state index contributed by atoms with van der Waals surface area (Å²) in [4.78, 5) is 0. The molecular formula is C37H23ClO. The monoisotopic (exact) mass is 518 g/mol. The summed E-state index contributed by atoms with van der Waals surface area (Å²) in [5.74, 6) is 1.68. The van der Waals surface area contributed by atoms with Gasteiger partial charge >= 0.3 is 0 Å². The van der Waals surface area contributed by atoms with E-state index in [0.29, 0.717) is 5.02 Å². The number of halogens is 1. The first-order valence-corrected chi connectivity index (χ1v) is 13.6. The van der Waals surface area contributed by atoms with Crippen molar-refractivity contribution in [3.63, 3.8) is 0 Å². The van der Waals surface area contributed by atoms with E-state index in [9.17, 15) is 0 Å². The summed E-state index contributed by atoms with van der Waals surface area (Å²) < 4.78 is 6.82. The molecule has 2 aliphatic rings. The molecule has 1 aliphatic carbocycles. The fraction of sp³-hybridized carbons (Fsp3) is 0.0270. The van der Waals surface area contributed by atoms with Crippen LogP contribution in [0.4, 0.5) is 0 Å². The van der Waals surface area contributed by atoms with Crippen molar-refractivity contribution in [2.45, 2.75) is 5.41 Å². The molecule has 0 saturated heterocycles. The molecule has 0 atom stereocenters. The summed E-state index contributed by atoms with van der Waals surface area (Å²) in [7, 11) is 0. The van der Waals surface area contributed by atoms with Crippen molar-refractivity contribution in [2.75, 3.05) is 0 Å². The van der Waals surface area contributed by atoms with Crippen LogP contribution in [-0.2, 0) is 5.41 Å². The van der Waals surface area contributed by atoms with Crippen LogP contribution in [0.2, 0.25) is 5.02 Å². The first kappa shape index (κ1) is 22.4. The number of rotatable bonds is 2. The molecule has 39 heavy (non-hydrogen) atoms. The number of ether oxygens (including phenoxy) is 1. The highest BCUT2D eigenvalue weighted by atomic mass is 35.5. The largest absolute Gasteiger partial charge is 0.456 e. The van der Waals surface area contributed by atoms with E-state index in [-0.39, 0.29) is 0 Å². The Balaban J connectivity index is 1.46. The Morgan fingerprint density at radius 2 is 1.05 bits per heavy atom. The Kier molecular flexibility index (Phi) is 4.86. The molecule has 1 spiro atoms. The molecule has 1 nitrogen and oxygen atoms in total. The van der Waals surface area contributed by atoms with E-state index in [2.05, 4.69) is 121 Å². The standard InChI is InChI=1S/C37H23ClO/c38-33-22-21-32-36(35(33)26-14-10-13-25(23-26)24-11-2-1-3-12-24)39-34-20-9-8-19-31(34)37(32)29-17-6-4-15-27(29)28-16-5-7-18-30(28)37/h1-23H. The third kappa shape index (κ3) is 3.08. The second kappa shape index (κ2) is 8.46. The molecule has 0 radical (unpaired) electrons. The first-order valence-electron chi connectivity index (χ1n) is 13.2. The van der Waals surface area contributed by atoms with Gasteiger partial charge in [0, 0.05) is 16.7 Å². The molecule has 184 valence electrons. The molecule has 0 unspecified atom stereocenters. The van der Waals surface area contributed by atoms with Gasteiger partial charge in [-0.2, -0.15) is 0 Å². The Morgan fingerprint density at radius 3 is 1.79 bits per heavy atom. The predicted octanol–water partition coefficient (Wildman–Crippen LogP) is 10.1. The summed E-state index contributed by atoms with van der Waals surface area (Å²) in [6.07, 6.45) is 0. The maximum absolute atomic E-state index is 7.04. The zero-order valence-electron chi connectivity index (χ0n) is 21.1. The van der Waals surface area contributed by atoms with Crippen LogP contribution in [-0.4, -0.2) is 0 Å². The highest BCUT2D eigenvalue weighted by Gasteiger charge is 2.51. The number of benzene rings is 6. The SMILES string of the molecule is Clc1ccc2c(c1-c1cccc(-c3ccccc3)c1)Oc1ccccc1C21c2ccccc2-c2ccccc21. The van der Waals surface area contributed by atoms with Gasteiger partial charge in [0.2, 0.25) is 0 Å². The maximum atomic E-state index is 7.04. The molecule has 1 aliphatic heterocycles. The number of para-hydroxylation sites is 1. The van der Waals surface area contributed by atoms with Gasteiger partial charge in [0.25, 0.3) is 0 Å². The molecule has 0 saturated carbocycles. The van der Waals surface area contributed by atoms with Gasteiger partial charge in [-0.25, -0.2) is 0 Å². The van der Waals surface area contributed by atoms with Gasteiger partial charge in [0.15, 0.2) is 0 Å². The minimum atomic E-state index is -0.506. The minimum Gasteiger partial charge on any atom is -0.456 e. The van der Waals surface area contributed by atoms with E-state index in [0.717, 1.165) is 39.3 Å². The Labute approximate surface area is 232 Å². The third-order valence-electron chi connectivity index (χ3n) is 8.22. The molecule has 0 fully saturated rings. The van der Waals surface area contributed by atoms with Crippen LogP contribution >= 0.6 is 11.6 Å². The molecule has 0 bridgehead atoms. The molecule has 1 heterocycles. The Morgan fingerprint density at radius 1 is 0.462 bits per heavy atom. The average Bonchev–Trinajstić information content (AvgIpc) is 3.29. The maximum Gasteiger partial charge on any atom is 0.141 e. The summed E-state index contributed by atoms with van der Waals surface area (Å²) in [6.45, 7) is 0. The van der Waals surface area contributed by atoms with Gasteiger partial charge in [-0.3, -0.25) is 0 Å². The van der Waals surface area contributed by atoms with Gasteiger partial charge < -0.3 is 4.74 Å². The second-order valence-corrected chi connectivity index (χ2v) is 10.6. The van der Waals surface area contributed by atoms with Gasteiger partial charge in [0.05, 0.1) is 10.4 Å². The zero-order valence-corrected chi connectivity index (χ0v) is 21.8. The van der Waals surface area contributed by atoms with Crippen LogP contribution in [0.3, 0.4) is 0 Å². The molecular weight excluding hydrogens is 496 g/mol. The van der Waals surface area contributed by atoms with E-state index >= 15 is 0 Å². The molecule has 8 rings (SSSR count). The van der Waals surface area contributed by atoms with Crippen molar-refractivity contribution in [3.8, 4) is 44.9 Å². The third-order valence-corrected chi connectivity index (χ3v) is 8.54. The van der Waals surface area contributed by atoms with E-state index in [1.165, 1.54) is 27.8 Å². The second-order valence-electron chi connectivity index (χ2n) is 10.2. The smallest absolute Gasteiger partial charge is 0.141 e. The molecule has 6 aromatic carbocycles. The number of hydrogen-bond acceptors (Lipinski definition) is 1. The quantitative estimate of drug-likeness (QED) is 0.221. The lowest BCUT2D eigenvalue weighted by molar-refractivity contribution is 0.438. The van der Waals surface area contributed by atoms with Crippen LogP contribution in [0.25, 0.3) is 33.4 Å². The Hall–Kier alpha value is -4.59. The average molecular weight is 519 g/mol. The summed E-state index contributed by atoms with van der Waals surface area (Å²) >= 11 is 7.04. The predicted molar refractivity (Wildman–Crippen MR) is 160 cm³/mol. The van der Waals surface area contributed by atoms with Crippen molar-refractivity contribution in [2.24, 2.45) is 0 Å². The summed E-state index contributed by atoms with van der Waals surface area (Å²) in [5.41, 5.74) is 11.1. The van der Waals surface area contributed by atoms with Gasteiger partial charge in [-0.05, 0) is 57.1 Å². The van der Waals surface area contributed by atoms with Gasteiger partial charge in [-0.15, -0.1) is 0 Å². The zero-order chi connectivity index (χ0) is 26.0. The lowest BCUT2D eigenvalue weighted by atomic mass is 9.65. The fourth-order valence-corrected chi connectivity index (χ4v) is 6.91. The minimum absolute atomic E-state index is 0.506. The van der Waals surface area contributed by atoms with Crippen molar-refractivity contribution < 1.29 is 4.74 Å². The molecule has 2 heteroatoms. The van der Waals surface area contributed by atoms with Crippen LogP contribution in [0.5, 0.6) is 11.5 Å². The van der Waals surface area contributed by atoms with Crippen LogP contribution in [0.15, 0.2) is 140 Å². The molecule has 0 amide bonds. The van der Waals surface area contributed by atoms with Crippen molar-refractivity contribution in [3.05, 3.63) is 167 Å². The molecule has 6 aromatic rings. The molecule has 0 N–H and O–H groups in total. The summed E-state index contributed by atoms with van der Waals surface area (Å²) in [6, 6.07) is 49.2. The molecule has 0 aromatic heterocycles. The lowest BCUT2D eigenvalue weighted by Gasteiger charge is -2.40. The normalized spacial score (nSPS) is 13.7. The highest BCUT2D eigenvalue weighted by Crippen LogP contribution is 2.63. The number of hydrogen-bond donors (Lipinski definition) is 0. The van der Waals surface area contributed by atoms with Crippen LogP contribution < -0.4 is 4.74 Å². The Bertz CT molecular complexity index is 1860.